The summed E-state index contributed by atoms with van der Waals surface area (Å²) in [4.78, 5) is 24.7. The lowest BCUT2D eigenvalue weighted by Crippen LogP contribution is -2.45. The first-order valence-corrected chi connectivity index (χ1v) is 41.0. The van der Waals surface area contributed by atoms with E-state index in [0.29, 0.717) is 19.4 Å². The molecule has 88 heavy (non-hydrogen) atoms. The van der Waals surface area contributed by atoms with E-state index in [0.717, 1.165) is 38.5 Å². The smallest absolute Gasteiger partial charge is 0.305 e. The van der Waals surface area contributed by atoms with Gasteiger partial charge in [-0.05, 0) is 32.1 Å². The van der Waals surface area contributed by atoms with Gasteiger partial charge in [0, 0.05) is 12.8 Å². The Morgan fingerprint density at radius 3 is 0.773 bits per heavy atom. The van der Waals surface area contributed by atoms with Gasteiger partial charge in [0.1, 0.15) is 0 Å². The molecule has 0 aliphatic carbocycles. The molecule has 524 valence electrons. The molecular formula is C82H161NO5. The number of unbranched alkanes of at least 4 members (excludes halogenated alkanes) is 67. The van der Waals surface area contributed by atoms with E-state index >= 15 is 0 Å². The second kappa shape index (κ2) is 78.0. The van der Waals surface area contributed by atoms with Crippen LogP contribution >= 0.6 is 0 Å². The van der Waals surface area contributed by atoms with Crippen LogP contribution in [0.15, 0.2) is 12.2 Å². The highest BCUT2D eigenvalue weighted by Crippen LogP contribution is 2.21. The van der Waals surface area contributed by atoms with Gasteiger partial charge in [-0.3, -0.25) is 9.59 Å². The van der Waals surface area contributed by atoms with E-state index in [4.69, 9.17) is 4.74 Å². The molecule has 0 aromatic heterocycles. The van der Waals surface area contributed by atoms with Gasteiger partial charge in [0.25, 0.3) is 0 Å². The molecule has 3 N–H and O–H groups in total. The van der Waals surface area contributed by atoms with Crippen LogP contribution < -0.4 is 5.32 Å². The molecule has 0 heterocycles. The molecule has 0 spiro atoms. The Hall–Kier alpha value is -1.40. The van der Waals surface area contributed by atoms with Crippen LogP contribution in [0.5, 0.6) is 0 Å². The predicted octanol–water partition coefficient (Wildman–Crippen LogP) is 27.1. The molecule has 0 saturated carbocycles. The van der Waals surface area contributed by atoms with Gasteiger partial charge >= 0.3 is 5.97 Å². The SMILES string of the molecule is CCCCCCCCCCCCCCCCCCCCC/C=C/C(O)C(CO)NC(=O)CCCCCCCCCCCCCCCCCCCCCCCCCCCCCCCCCCOC(=O)CCCCCCCCCCCCCCCCCCCC. The molecule has 0 radical (unpaired) electrons. The summed E-state index contributed by atoms with van der Waals surface area (Å²) in [7, 11) is 0. The number of allylic oxidation sites excluding steroid dienone is 1. The Bertz CT molecular complexity index is 1340. The number of aliphatic hydroxyl groups excluding tert-OH is 2. The lowest BCUT2D eigenvalue weighted by Gasteiger charge is -2.20. The first-order valence-electron chi connectivity index (χ1n) is 41.0. The van der Waals surface area contributed by atoms with Gasteiger partial charge in [0.2, 0.25) is 5.91 Å². The molecule has 0 aromatic rings. The fraction of sp³-hybridized carbons (Fsp3) is 0.951. The normalized spacial score (nSPS) is 12.5. The Morgan fingerprint density at radius 2 is 0.523 bits per heavy atom. The summed E-state index contributed by atoms with van der Waals surface area (Å²) in [6.07, 6.45) is 99.2. The van der Waals surface area contributed by atoms with E-state index in [1.165, 1.54) is 411 Å². The first kappa shape index (κ1) is 86.6. The zero-order chi connectivity index (χ0) is 63.5. The summed E-state index contributed by atoms with van der Waals surface area (Å²) in [5, 5.41) is 23.3. The maximum Gasteiger partial charge on any atom is 0.305 e. The third kappa shape index (κ3) is 73.6. The van der Waals surface area contributed by atoms with E-state index in [-0.39, 0.29) is 18.5 Å². The van der Waals surface area contributed by atoms with E-state index in [2.05, 4.69) is 19.2 Å². The minimum Gasteiger partial charge on any atom is -0.466 e. The molecule has 0 saturated heterocycles. The van der Waals surface area contributed by atoms with Crippen molar-refractivity contribution < 1.29 is 24.5 Å². The van der Waals surface area contributed by atoms with Crippen molar-refractivity contribution in [1.82, 2.24) is 5.32 Å². The monoisotopic (exact) mass is 1240 g/mol. The molecule has 6 heteroatoms. The Balaban J connectivity index is 3.33. The quantitative estimate of drug-likeness (QED) is 0.0320. The van der Waals surface area contributed by atoms with Crippen molar-refractivity contribution in [3.8, 4) is 0 Å². The van der Waals surface area contributed by atoms with Crippen LogP contribution in [0.4, 0.5) is 0 Å². The minimum absolute atomic E-state index is 0.0268. The third-order valence-electron chi connectivity index (χ3n) is 19.6. The zero-order valence-electron chi connectivity index (χ0n) is 60.3. The van der Waals surface area contributed by atoms with Gasteiger partial charge in [0.15, 0.2) is 0 Å². The summed E-state index contributed by atoms with van der Waals surface area (Å²) < 4.78 is 5.52. The van der Waals surface area contributed by atoms with Gasteiger partial charge in [-0.1, -0.05) is 443 Å². The number of hydrogen-bond acceptors (Lipinski definition) is 5. The average Bonchev–Trinajstić information content (AvgIpc) is 3.58. The van der Waals surface area contributed by atoms with Crippen LogP contribution in [0.2, 0.25) is 0 Å². The van der Waals surface area contributed by atoms with Crippen molar-refractivity contribution in [1.29, 1.82) is 0 Å². The number of amides is 1. The van der Waals surface area contributed by atoms with Gasteiger partial charge in [-0.25, -0.2) is 0 Å². The number of rotatable bonds is 78. The average molecular weight is 1240 g/mol. The number of nitrogens with one attached hydrogen (secondary N) is 1. The van der Waals surface area contributed by atoms with Crippen molar-refractivity contribution in [3.05, 3.63) is 12.2 Å². The highest BCUT2D eigenvalue weighted by molar-refractivity contribution is 5.76. The maximum absolute atomic E-state index is 12.5. The summed E-state index contributed by atoms with van der Waals surface area (Å²) in [6, 6.07) is -0.625. The van der Waals surface area contributed by atoms with Crippen LogP contribution in [-0.4, -0.2) is 47.4 Å². The van der Waals surface area contributed by atoms with E-state index in [1.807, 2.05) is 6.08 Å². The van der Waals surface area contributed by atoms with Crippen molar-refractivity contribution in [2.75, 3.05) is 13.2 Å². The van der Waals surface area contributed by atoms with Gasteiger partial charge in [-0.2, -0.15) is 0 Å². The fourth-order valence-electron chi connectivity index (χ4n) is 13.3. The number of ether oxygens (including phenoxy) is 1. The standard InChI is InChI=1S/C82H161NO5/c1-3-5-7-9-11-13-15-17-19-21-23-36-39-42-46-50-54-58-62-66-70-74-80(85)79(78-84)83-81(86)75-71-67-63-59-55-51-47-43-40-37-34-32-30-28-26-24-25-27-29-31-33-35-38-41-45-49-53-57-61-65-69-73-77-88-82(87)76-72-68-64-60-56-52-48-44-22-20-18-16-14-12-10-8-6-4-2/h70,74,79-80,84-85H,3-69,71-73,75-78H2,1-2H3,(H,83,86)/b74-70+. The molecule has 0 aliphatic rings. The summed E-state index contributed by atoms with van der Waals surface area (Å²) >= 11 is 0. The van der Waals surface area contributed by atoms with Crippen molar-refractivity contribution in [2.45, 2.75) is 488 Å². The van der Waals surface area contributed by atoms with Crippen LogP contribution in [0.1, 0.15) is 476 Å². The number of carbonyl (C=O) groups is 2. The van der Waals surface area contributed by atoms with Crippen LogP contribution in [-0.2, 0) is 14.3 Å². The topological polar surface area (TPSA) is 95.9 Å². The van der Waals surface area contributed by atoms with Gasteiger partial charge < -0.3 is 20.3 Å². The highest BCUT2D eigenvalue weighted by Gasteiger charge is 2.18. The molecule has 0 fully saturated rings. The summed E-state index contributed by atoms with van der Waals surface area (Å²) in [6.45, 7) is 4.97. The minimum atomic E-state index is -0.842. The second-order valence-electron chi connectivity index (χ2n) is 28.5. The van der Waals surface area contributed by atoms with Gasteiger partial charge in [0.05, 0.1) is 25.4 Å². The molecule has 0 aromatic carbocycles. The van der Waals surface area contributed by atoms with Crippen molar-refractivity contribution >= 4 is 11.9 Å². The summed E-state index contributed by atoms with van der Waals surface area (Å²) in [5.41, 5.74) is 0. The van der Waals surface area contributed by atoms with Crippen LogP contribution in [0, 0.1) is 0 Å². The number of hydrogen-bond donors (Lipinski definition) is 3. The molecule has 1 amide bonds. The molecule has 0 rings (SSSR count). The molecular weight excluding hydrogens is 1080 g/mol. The molecule has 2 atom stereocenters. The Kier molecular flexibility index (Phi) is 76.8. The molecule has 2 unspecified atom stereocenters. The number of carbonyl (C=O) groups excluding carboxylic acids is 2. The Morgan fingerprint density at radius 1 is 0.307 bits per heavy atom. The number of esters is 1. The zero-order valence-corrected chi connectivity index (χ0v) is 60.3. The van der Waals surface area contributed by atoms with Crippen molar-refractivity contribution in [3.63, 3.8) is 0 Å². The fourth-order valence-corrected chi connectivity index (χ4v) is 13.3. The predicted molar refractivity (Wildman–Crippen MR) is 389 cm³/mol. The lowest BCUT2D eigenvalue weighted by molar-refractivity contribution is -0.143. The third-order valence-corrected chi connectivity index (χ3v) is 19.6. The van der Waals surface area contributed by atoms with Crippen LogP contribution in [0.25, 0.3) is 0 Å². The molecule has 0 aliphatic heterocycles. The second-order valence-corrected chi connectivity index (χ2v) is 28.5. The molecule has 0 bridgehead atoms. The van der Waals surface area contributed by atoms with Crippen LogP contribution in [0.3, 0.4) is 0 Å². The van der Waals surface area contributed by atoms with Crippen molar-refractivity contribution in [2.24, 2.45) is 0 Å². The summed E-state index contributed by atoms with van der Waals surface area (Å²) in [5.74, 6) is -0.0313. The highest BCUT2D eigenvalue weighted by atomic mass is 16.5. The number of aliphatic hydroxyl groups is 2. The first-order chi connectivity index (χ1) is 43.5. The maximum atomic E-state index is 12.5. The largest absolute Gasteiger partial charge is 0.466 e. The van der Waals surface area contributed by atoms with Gasteiger partial charge in [-0.15, -0.1) is 0 Å². The lowest BCUT2D eigenvalue weighted by atomic mass is 10.0. The molecule has 6 nitrogen and oxygen atoms in total. The van der Waals surface area contributed by atoms with E-state index in [9.17, 15) is 19.8 Å². The van der Waals surface area contributed by atoms with E-state index in [1.54, 1.807) is 6.08 Å². The Labute approximate surface area is 552 Å². The van der Waals surface area contributed by atoms with E-state index < -0.39 is 12.1 Å².